The van der Waals surface area contributed by atoms with E-state index in [-0.39, 0.29) is 11.5 Å². The van der Waals surface area contributed by atoms with Crippen LogP contribution in [0.4, 0.5) is 0 Å². The van der Waals surface area contributed by atoms with Crippen molar-refractivity contribution in [1.82, 2.24) is 5.32 Å². The highest BCUT2D eigenvalue weighted by atomic mass is 16.4. The van der Waals surface area contributed by atoms with Crippen LogP contribution in [0.25, 0.3) is 0 Å². The highest BCUT2D eigenvalue weighted by Crippen LogP contribution is 2.38. The fourth-order valence-electron chi connectivity index (χ4n) is 2.42. The number of rotatable bonds is 3. The van der Waals surface area contributed by atoms with Gasteiger partial charge < -0.3 is 10.4 Å². The molecule has 76 valence electrons. The summed E-state index contributed by atoms with van der Waals surface area (Å²) in [6, 6.07) is -0.382. The smallest absolute Gasteiger partial charge is 0.321 e. The van der Waals surface area contributed by atoms with Crippen LogP contribution in [0.3, 0.4) is 0 Å². The van der Waals surface area contributed by atoms with E-state index in [4.69, 9.17) is 5.11 Å². The molecule has 0 aromatic carbocycles. The molecule has 0 aliphatic heterocycles. The van der Waals surface area contributed by atoms with E-state index in [1.807, 2.05) is 0 Å². The molecule has 0 unspecified atom stereocenters. The lowest BCUT2D eigenvalue weighted by atomic mass is 9.70. The van der Waals surface area contributed by atoms with Crippen LogP contribution in [0.1, 0.15) is 39.0 Å². The van der Waals surface area contributed by atoms with E-state index in [1.165, 1.54) is 19.3 Å². The van der Waals surface area contributed by atoms with Gasteiger partial charge in [-0.05, 0) is 25.3 Å². The Hall–Kier alpha value is -0.570. The van der Waals surface area contributed by atoms with E-state index in [2.05, 4.69) is 12.2 Å². The largest absolute Gasteiger partial charge is 0.480 e. The average Bonchev–Trinajstić information content (AvgIpc) is 2.05. The van der Waals surface area contributed by atoms with Crippen LogP contribution < -0.4 is 5.32 Å². The summed E-state index contributed by atoms with van der Waals surface area (Å²) in [7, 11) is 1.73. The first-order valence-electron chi connectivity index (χ1n) is 5.00. The molecule has 13 heavy (non-hydrogen) atoms. The van der Waals surface area contributed by atoms with Crippen molar-refractivity contribution in [2.75, 3.05) is 7.05 Å². The lowest BCUT2D eigenvalue weighted by molar-refractivity contribution is -0.143. The van der Waals surface area contributed by atoms with Crippen LogP contribution in [0.5, 0.6) is 0 Å². The lowest BCUT2D eigenvalue weighted by Crippen LogP contribution is -2.48. The second-order valence-corrected chi connectivity index (χ2v) is 4.27. The maximum Gasteiger partial charge on any atom is 0.321 e. The molecule has 0 aromatic rings. The molecule has 0 spiro atoms. The standard InChI is InChI=1S/C10H19NO2/c1-10(6-4-3-5-7-10)8(11-2)9(12)13/h8,11H,3-7H2,1-2H3,(H,12,13)/t8-/m1/s1. The molecule has 1 rings (SSSR count). The van der Waals surface area contributed by atoms with Crippen molar-refractivity contribution >= 4 is 5.97 Å². The molecule has 1 saturated carbocycles. The van der Waals surface area contributed by atoms with Gasteiger partial charge in [-0.15, -0.1) is 0 Å². The third-order valence-corrected chi connectivity index (χ3v) is 3.23. The van der Waals surface area contributed by atoms with E-state index in [0.717, 1.165) is 12.8 Å². The first-order valence-corrected chi connectivity index (χ1v) is 5.00. The van der Waals surface area contributed by atoms with Crippen LogP contribution in [-0.2, 0) is 4.79 Å². The number of likely N-dealkylation sites (N-methyl/N-ethyl adjacent to an activating group) is 1. The van der Waals surface area contributed by atoms with Crippen molar-refractivity contribution < 1.29 is 9.90 Å². The number of aliphatic carboxylic acids is 1. The van der Waals surface area contributed by atoms with Gasteiger partial charge in [-0.3, -0.25) is 4.79 Å². The molecule has 0 aromatic heterocycles. The van der Waals surface area contributed by atoms with Crippen LogP contribution in [0, 0.1) is 5.41 Å². The average molecular weight is 185 g/mol. The Morgan fingerprint density at radius 2 is 1.92 bits per heavy atom. The van der Waals surface area contributed by atoms with Crippen molar-refractivity contribution in [3.63, 3.8) is 0 Å². The fourth-order valence-corrected chi connectivity index (χ4v) is 2.42. The number of carbonyl (C=O) groups is 1. The molecule has 2 N–H and O–H groups in total. The topological polar surface area (TPSA) is 49.3 Å². The van der Waals surface area contributed by atoms with Gasteiger partial charge in [0.2, 0.25) is 0 Å². The highest BCUT2D eigenvalue weighted by Gasteiger charge is 2.38. The number of hydrogen-bond donors (Lipinski definition) is 2. The zero-order valence-electron chi connectivity index (χ0n) is 8.47. The summed E-state index contributed by atoms with van der Waals surface area (Å²) in [5.41, 5.74) is -0.0428. The first-order chi connectivity index (χ1) is 6.10. The normalized spacial score (nSPS) is 23.8. The molecule has 0 amide bonds. The molecule has 0 radical (unpaired) electrons. The minimum atomic E-state index is -0.716. The Labute approximate surface area is 79.5 Å². The number of carboxylic acids is 1. The van der Waals surface area contributed by atoms with E-state index in [9.17, 15) is 4.79 Å². The maximum absolute atomic E-state index is 11.0. The Morgan fingerprint density at radius 3 is 2.31 bits per heavy atom. The Kier molecular flexibility index (Phi) is 3.31. The van der Waals surface area contributed by atoms with E-state index in [0.29, 0.717) is 0 Å². The Bertz CT molecular complexity index is 185. The second-order valence-electron chi connectivity index (χ2n) is 4.27. The summed E-state index contributed by atoms with van der Waals surface area (Å²) in [5, 5.41) is 11.9. The van der Waals surface area contributed by atoms with Gasteiger partial charge in [0, 0.05) is 0 Å². The Balaban J connectivity index is 2.68. The molecule has 3 heteroatoms. The predicted octanol–water partition coefficient (Wildman–Crippen LogP) is 1.63. The molecular weight excluding hydrogens is 166 g/mol. The molecule has 1 aliphatic carbocycles. The van der Waals surface area contributed by atoms with Crippen molar-refractivity contribution in [3.8, 4) is 0 Å². The molecule has 0 bridgehead atoms. The SMILES string of the molecule is CN[C@H](C(=O)O)C1(C)CCCCC1. The summed E-state index contributed by atoms with van der Waals surface area (Å²) < 4.78 is 0. The zero-order valence-corrected chi connectivity index (χ0v) is 8.47. The van der Waals surface area contributed by atoms with Crippen LogP contribution in [0.2, 0.25) is 0 Å². The summed E-state index contributed by atoms with van der Waals surface area (Å²) >= 11 is 0. The molecule has 0 heterocycles. The molecular formula is C10H19NO2. The fraction of sp³-hybridized carbons (Fsp3) is 0.900. The first kappa shape index (κ1) is 10.5. The molecule has 1 atom stereocenters. The number of hydrogen-bond acceptors (Lipinski definition) is 2. The maximum atomic E-state index is 11.0. The van der Waals surface area contributed by atoms with E-state index in [1.54, 1.807) is 7.05 Å². The van der Waals surface area contributed by atoms with Gasteiger partial charge in [-0.1, -0.05) is 26.2 Å². The van der Waals surface area contributed by atoms with Crippen LogP contribution in [-0.4, -0.2) is 24.2 Å². The van der Waals surface area contributed by atoms with Gasteiger partial charge in [0.25, 0.3) is 0 Å². The van der Waals surface area contributed by atoms with Gasteiger partial charge in [0.05, 0.1) is 0 Å². The van der Waals surface area contributed by atoms with Crippen molar-refractivity contribution in [2.24, 2.45) is 5.41 Å². The van der Waals surface area contributed by atoms with Crippen molar-refractivity contribution in [1.29, 1.82) is 0 Å². The second kappa shape index (κ2) is 4.09. The van der Waals surface area contributed by atoms with Crippen molar-refractivity contribution in [2.45, 2.75) is 45.1 Å². The molecule has 3 nitrogen and oxygen atoms in total. The minimum Gasteiger partial charge on any atom is -0.480 e. The number of nitrogens with one attached hydrogen (secondary N) is 1. The third kappa shape index (κ3) is 2.21. The summed E-state index contributed by atoms with van der Waals surface area (Å²) in [6.45, 7) is 2.08. The predicted molar refractivity (Wildman–Crippen MR) is 51.7 cm³/mol. The quantitative estimate of drug-likeness (QED) is 0.702. The van der Waals surface area contributed by atoms with Crippen LogP contribution in [0.15, 0.2) is 0 Å². The summed E-state index contributed by atoms with van der Waals surface area (Å²) in [6.07, 6.45) is 5.66. The summed E-state index contributed by atoms with van der Waals surface area (Å²) in [4.78, 5) is 11.0. The Morgan fingerprint density at radius 1 is 1.38 bits per heavy atom. The number of carboxylic acid groups (broad SMARTS) is 1. The molecule has 1 aliphatic rings. The van der Waals surface area contributed by atoms with Gasteiger partial charge in [0.1, 0.15) is 6.04 Å². The van der Waals surface area contributed by atoms with Crippen LogP contribution >= 0.6 is 0 Å². The van der Waals surface area contributed by atoms with Gasteiger partial charge in [-0.2, -0.15) is 0 Å². The summed E-state index contributed by atoms with van der Waals surface area (Å²) in [5.74, 6) is -0.716. The van der Waals surface area contributed by atoms with Crippen molar-refractivity contribution in [3.05, 3.63) is 0 Å². The minimum absolute atomic E-state index is 0.0428. The third-order valence-electron chi connectivity index (χ3n) is 3.23. The van der Waals surface area contributed by atoms with Gasteiger partial charge in [-0.25, -0.2) is 0 Å². The van der Waals surface area contributed by atoms with E-state index < -0.39 is 5.97 Å². The van der Waals surface area contributed by atoms with Gasteiger partial charge in [0.15, 0.2) is 0 Å². The molecule has 0 saturated heterocycles. The molecule has 1 fully saturated rings. The zero-order chi connectivity index (χ0) is 9.90. The van der Waals surface area contributed by atoms with E-state index >= 15 is 0 Å². The van der Waals surface area contributed by atoms with Gasteiger partial charge >= 0.3 is 5.97 Å². The highest BCUT2D eigenvalue weighted by molar-refractivity contribution is 5.74. The monoisotopic (exact) mass is 185 g/mol. The lowest BCUT2D eigenvalue weighted by Gasteiger charge is -2.38.